The average Bonchev–Trinajstić information content (AvgIpc) is 2.34. The van der Waals surface area contributed by atoms with Crippen LogP contribution in [0.2, 0.25) is 0 Å². The van der Waals surface area contributed by atoms with Gasteiger partial charge in [-0.1, -0.05) is 24.6 Å². The lowest BCUT2D eigenvalue weighted by molar-refractivity contribution is -0.128. The summed E-state index contributed by atoms with van der Waals surface area (Å²) in [4.78, 5) is 12.7. The number of ketones is 1. The van der Waals surface area contributed by atoms with Crippen LogP contribution in [0.3, 0.4) is 0 Å². The summed E-state index contributed by atoms with van der Waals surface area (Å²) in [5, 5.41) is 3.34. The fourth-order valence-corrected chi connectivity index (χ4v) is 3.12. The van der Waals surface area contributed by atoms with E-state index in [1.807, 2.05) is 0 Å². The Morgan fingerprint density at radius 3 is 2.21 bits per heavy atom. The van der Waals surface area contributed by atoms with Gasteiger partial charge in [0, 0.05) is 11.8 Å². The maximum Gasteiger partial charge on any atom is 0.143 e. The molecule has 1 aliphatic rings. The number of piperidine rings is 1. The number of Topliss-reactive ketones (excluding diaryl/α,β-unsaturated/α-hetero) is 1. The first-order chi connectivity index (χ1) is 8.92. The predicted molar refractivity (Wildman–Crippen MR) is 79.6 cm³/mol. The summed E-state index contributed by atoms with van der Waals surface area (Å²) in [6.45, 7) is 10.4. The molecule has 0 atom stereocenters. The third-order valence-corrected chi connectivity index (χ3v) is 4.56. The summed E-state index contributed by atoms with van der Waals surface area (Å²) in [5.74, 6) is 0.407. The Hall–Kier alpha value is -1.15. The molecule has 0 amide bonds. The van der Waals surface area contributed by atoms with Gasteiger partial charge in [-0.2, -0.15) is 0 Å². The minimum Gasteiger partial charge on any atom is -0.317 e. The van der Waals surface area contributed by atoms with Gasteiger partial charge in [0.2, 0.25) is 0 Å². The first kappa shape index (κ1) is 14.3. The Labute approximate surface area is 116 Å². The minimum absolute atomic E-state index is 0.130. The van der Waals surface area contributed by atoms with Crippen LogP contribution in [0.4, 0.5) is 0 Å². The number of benzene rings is 1. The van der Waals surface area contributed by atoms with Gasteiger partial charge in [-0.3, -0.25) is 4.79 Å². The fourth-order valence-electron chi connectivity index (χ4n) is 3.12. The van der Waals surface area contributed by atoms with Crippen LogP contribution in [-0.2, 0) is 11.2 Å². The maximum absolute atomic E-state index is 12.7. The summed E-state index contributed by atoms with van der Waals surface area (Å²) in [6, 6.07) is 4.36. The third kappa shape index (κ3) is 3.06. The van der Waals surface area contributed by atoms with Crippen LogP contribution in [0.1, 0.15) is 42.0 Å². The molecule has 0 unspecified atom stereocenters. The molecule has 1 aromatic rings. The SMILES string of the molecule is Cc1cc(C)c(CC(=O)C2(C)CCNCC2)c(C)c1. The maximum atomic E-state index is 12.7. The first-order valence-electron chi connectivity index (χ1n) is 7.23. The first-order valence-corrected chi connectivity index (χ1v) is 7.23. The van der Waals surface area contributed by atoms with Crippen LogP contribution in [0.5, 0.6) is 0 Å². The lowest BCUT2D eigenvalue weighted by atomic mass is 9.75. The standard InChI is InChI=1S/C17H25NO/c1-12-9-13(2)15(14(3)10-12)11-16(19)17(4)5-7-18-8-6-17/h9-10,18H,5-8,11H2,1-4H3. The summed E-state index contributed by atoms with van der Waals surface area (Å²) in [7, 11) is 0. The molecule has 2 nitrogen and oxygen atoms in total. The number of carbonyl (C=O) groups excluding carboxylic acids is 1. The molecule has 1 N–H and O–H groups in total. The van der Waals surface area contributed by atoms with Crippen molar-refractivity contribution in [1.82, 2.24) is 5.32 Å². The molecule has 1 fully saturated rings. The van der Waals surface area contributed by atoms with Crippen LogP contribution in [0.25, 0.3) is 0 Å². The van der Waals surface area contributed by atoms with E-state index in [0.29, 0.717) is 12.2 Å². The van der Waals surface area contributed by atoms with Gasteiger partial charge < -0.3 is 5.32 Å². The number of hydrogen-bond donors (Lipinski definition) is 1. The van der Waals surface area contributed by atoms with Crippen molar-refractivity contribution in [3.63, 3.8) is 0 Å². The molecular weight excluding hydrogens is 234 g/mol. The molecule has 2 heteroatoms. The number of rotatable bonds is 3. The highest BCUT2D eigenvalue weighted by molar-refractivity contribution is 5.87. The van der Waals surface area contributed by atoms with Gasteiger partial charge in [-0.15, -0.1) is 0 Å². The molecule has 0 spiro atoms. The molecule has 1 heterocycles. The Bertz CT molecular complexity index is 461. The van der Waals surface area contributed by atoms with Crippen molar-refractivity contribution in [3.8, 4) is 0 Å². The minimum atomic E-state index is -0.130. The fraction of sp³-hybridized carbons (Fsp3) is 0.588. The Morgan fingerprint density at radius 2 is 1.68 bits per heavy atom. The molecule has 0 bridgehead atoms. The second-order valence-electron chi connectivity index (χ2n) is 6.29. The molecule has 0 aliphatic carbocycles. The summed E-state index contributed by atoms with van der Waals surface area (Å²) in [5.41, 5.74) is 4.89. The van der Waals surface area contributed by atoms with E-state index in [9.17, 15) is 4.79 Å². The second-order valence-corrected chi connectivity index (χ2v) is 6.29. The smallest absolute Gasteiger partial charge is 0.143 e. The Kier molecular flexibility index (Phi) is 4.10. The molecule has 1 saturated heterocycles. The largest absolute Gasteiger partial charge is 0.317 e. The van der Waals surface area contributed by atoms with Gasteiger partial charge in [0.25, 0.3) is 0 Å². The van der Waals surface area contributed by atoms with Gasteiger partial charge in [0.1, 0.15) is 5.78 Å². The summed E-state index contributed by atoms with van der Waals surface area (Å²) in [6.07, 6.45) is 2.53. The normalized spacial score (nSPS) is 18.3. The van der Waals surface area contributed by atoms with Gasteiger partial charge in [-0.25, -0.2) is 0 Å². The molecule has 104 valence electrons. The van der Waals surface area contributed by atoms with Gasteiger partial charge in [-0.05, 0) is 63.4 Å². The van der Waals surface area contributed by atoms with Crippen molar-refractivity contribution in [1.29, 1.82) is 0 Å². The Morgan fingerprint density at radius 1 is 1.16 bits per heavy atom. The topological polar surface area (TPSA) is 29.1 Å². The Balaban J connectivity index is 2.19. The summed E-state index contributed by atoms with van der Waals surface area (Å²) >= 11 is 0. The van der Waals surface area contributed by atoms with Gasteiger partial charge in [0.15, 0.2) is 0 Å². The highest BCUT2D eigenvalue weighted by atomic mass is 16.1. The van der Waals surface area contributed by atoms with E-state index in [0.717, 1.165) is 25.9 Å². The van der Waals surface area contributed by atoms with Crippen molar-refractivity contribution in [2.24, 2.45) is 5.41 Å². The van der Waals surface area contributed by atoms with Crippen LogP contribution in [0, 0.1) is 26.2 Å². The highest BCUT2D eigenvalue weighted by Gasteiger charge is 2.34. The summed E-state index contributed by atoms with van der Waals surface area (Å²) < 4.78 is 0. The number of nitrogens with one attached hydrogen (secondary N) is 1. The predicted octanol–water partition coefficient (Wildman–Crippen LogP) is 3.11. The van der Waals surface area contributed by atoms with Crippen molar-refractivity contribution in [2.45, 2.75) is 47.0 Å². The van der Waals surface area contributed by atoms with E-state index in [-0.39, 0.29) is 5.41 Å². The number of carbonyl (C=O) groups is 1. The van der Waals surface area contributed by atoms with Crippen LogP contribution >= 0.6 is 0 Å². The molecule has 1 aromatic carbocycles. The van der Waals surface area contributed by atoms with Gasteiger partial charge >= 0.3 is 0 Å². The lowest BCUT2D eigenvalue weighted by Crippen LogP contribution is -2.40. The van der Waals surface area contributed by atoms with Crippen molar-refractivity contribution >= 4 is 5.78 Å². The molecule has 19 heavy (non-hydrogen) atoms. The average molecular weight is 259 g/mol. The molecule has 0 aromatic heterocycles. The van der Waals surface area contributed by atoms with Crippen molar-refractivity contribution in [2.75, 3.05) is 13.1 Å². The van der Waals surface area contributed by atoms with E-state index >= 15 is 0 Å². The van der Waals surface area contributed by atoms with Crippen molar-refractivity contribution in [3.05, 3.63) is 34.4 Å². The van der Waals surface area contributed by atoms with E-state index in [1.54, 1.807) is 0 Å². The molecule has 1 aliphatic heterocycles. The second kappa shape index (κ2) is 5.46. The van der Waals surface area contributed by atoms with Crippen LogP contribution in [0.15, 0.2) is 12.1 Å². The number of aryl methyl sites for hydroxylation is 3. The third-order valence-electron chi connectivity index (χ3n) is 4.56. The molecule has 0 radical (unpaired) electrons. The van der Waals surface area contributed by atoms with Crippen LogP contribution < -0.4 is 5.32 Å². The zero-order valence-corrected chi connectivity index (χ0v) is 12.6. The van der Waals surface area contributed by atoms with Crippen LogP contribution in [-0.4, -0.2) is 18.9 Å². The molecule has 0 saturated carbocycles. The van der Waals surface area contributed by atoms with E-state index in [2.05, 4.69) is 45.1 Å². The molecular formula is C17H25NO. The van der Waals surface area contributed by atoms with E-state index in [4.69, 9.17) is 0 Å². The van der Waals surface area contributed by atoms with E-state index < -0.39 is 0 Å². The molecule has 2 rings (SSSR count). The van der Waals surface area contributed by atoms with E-state index in [1.165, 1.54) is 22.3 Å². The highest BCUT2D eigenvalue weighted by Crippen LogP contribution is 2.31. The zero-order chi connectivity index (χ0) is 14.0. The number of hydrogen-bond acceptors (Lipinski definition) is 2. The zero-order valence-electron chi connectivity index (χ0n) is 12.6. The quantitative estimate of drug-likeness (QED) is 0.903. The monoisotopic (exact) mass is 259 g/mol. The lowest BCUT2D eigenvalue weighted by Gasteiger charge is -2.33. The van der Waals surface area contributed by atoms with Crippen molar-refractivity contribution < 1.29 is 4.79 Å². The van der Waals surface area contributed by atoms with Gasteiger partial charge in [0.05, 0.1) is 0 Å².